The molecule has 0 aliphatic rings. The molecule has 0 saturated heterocycles. The Bertz CT molecular complexity index is 101. The van der Waals surface area contributed by atoms with Crippen LogP contribution in [0.4, 0.5) is 0 Å². The second kappa shape index (κ2) is 8.97. The first-order valence-corrected chi connectivity index (χ1v) is 6.29. The van der Waals surface area contributed by atoms with E-state index in [1.54, 1.807) is 0 Å². The van der Waals surface area contributed by atoms with E-state index in [2.05, 4.69) is 34.7 Å². The van der Waals surface area contributed by atoms with Gasteiger partial charge in [-0.3, -0.25) is 0 Å². The molecule has 0 radical (unpaired) electrons. The Morgan fingerprint density at radius 2 is 2.00 bits per heavy atom. The van der Waals surface area contributed by atoms with E-state index in [1.807, 2.05) is 0 Å². The molecule has 0 aliphatic carbocycles. The summed E-state index contributed by atoms with van der Waals surface area (Å²) in [6.45, 7) is 7.70. The van der Waals surface area contributed by atoms with Crippen LogP contribution in [0, 0.1) is 5.92 Å². The van der Waals surface area contributed by atoms with E-state index in [-0.39, 0.29) is 6.61 Å². The summed E-state index contributed by atoms with van der Waals surface area (Å²) in [4.78, 5) is 2.34. The second-order valence-corrected chi connectivity index (χ2v) is 4.10. The molecule has 0 amide bonds. The van der Waals surface area contributed by atoms with Gasteiger partial charge in [0.15, 0.2) is 0 Å². The minimum atomic E-state index is 0.277. The van der Waals surface area contributed by atoms with E-state index in [9.17, 15) is 0 Å². The first kappa shape index (κ1) is 13.4. The fourth-order valence-electron chi connectivity index (χ4n) is 1.40. The van der Waals surface area contributed by atoms with Crippen molar-refractivity contribution in [3.05, 3.63) is 0 Å². The van der Waals surface area contributed by atoms with Crippen molar-refractivity contribution < 1.29 is 5.11 Å². The summed E-state index contributed by atoms with van der Waals surface area (Å²) in [6.07, 6.45) is 2.37. The number of aliphatic hydroxyl groups is 1. The third kappa shape index (κ3) is 6.47. The Morgan fingerprint density at radius 1 is 1.31 bits per heavy atom. The van der Waals surface area contributed by atoms with E-state index in [0.29, 0.717) is 0 Å². The quantitative estimate of drug-likeness (QED) is 0.669. The molecule has 0 heterocycles. The molecule has 0 spiro atoms. The lowest BCUT2D eigenvalue weighted by molar-refractivity contribution is 0.178. The lowest BCUT2D eigenvalue weighted by atomic mass is 10.1. The Hall–Kier alpha value is 0.400. The van der Waals surface area contributed by atoms with Gasteiger partial charge in [0.25, 0.3) is 0 Å². The topological polar surface area (TPSA) is 23.5 Å². The molecule has 0 rings (SSSR count). The lowest BCUT2D eigenvalue weighted by Crippen LogP contribution is -2.33. The molecule has 1 N–H and O–H groups in total. The van der Waals surface area contributed by atoms with Crippen LogP contribution in [0.3, 0.4) is 0 Å². The molecule has 3 heteroatoms. The van der Waals surface area contributed by atoms with Gasteiger partial charge in [-0.1, -0.05) is 36.2 Å². The summed E-state index contributed by atoms with van der Waals surface area (Å²) < 4.78 is 0. The molecule has 0 saturated carbocycles. The predicted molar refractivity (Wildman–Crippen MR) is 61.4 cm³/mol. The molecule has 2 nitrogen and oxygen atoms in total. The summed E-state index contributed by atoms with van der Waals surface area (Å²) in [5.41, 5.74) is 0. The van der Waals surface area contributed by atoms with Gasteiger partial charge in [-0.2, -0.15) is 0 Å². The number of aliphatic hydroxyl groups excluding tert-OH is 1. The Balaban J connectivity index is 3.76. The van der Waals surface area contributed by atoms with Gasteiger partial charge in [-0.25, -0.2) is 0 Å². The summed E-state index contributed by atoms with van der Waals surface area (Å²) in [7, 11) is 0. The Kier molecular flexibility index (Phi) is 9.25. The number of halogens is 1. The van der Waals surface area contributed by atoms with Crippen molar-refractivity contribution in [2.24, 2.45) is 5.92 Å². The molecule has 0 aromatic rings. The van der Waals surface area contributed by atoms with Gasteiger partial charge < -0.3 is 10.0 Å². The molecule has 0 aromatic heterocycles. The van der Waals surface area contributed by atoms with Crippen LogP contribution in [0.1, 0.15) is 26.7 Å². The van der Waals surface area contributed by atoms with Crippen molar-refractivity contribution in [2.45, 2.75) is 26.7 Å². The van der Waals surface area contributed by atoms with Gasteiger partial charge in [0.2, 0.25) is 0 Å². The normalized spacial score (nSPS) is 13.6. The summed E-state index contributed by atoms with van der Waals surface area (Å²) in [5, 5.41) is 9.93. The van der Waals surface area contributed by atoms with Gasteiger partial charge in [0, 0.05) is 18.4 Å². The number of hydrogen-bond acceptors (Lipinski definition) is 2. The highest BCUT2D eigenvalue weighted by Crippen LogP contribution is 2.09. The van der Waals surface area contributed by atoms with Crippen LogP contribution in [0.5, 0.6) is 0 Å². The first-order valence-electron chi connectivity index (χ1n) is 5.17. The minimum Gasteiger partial charge on any atom is -0.395 e. The van der Waals surface area contributed by atoms with Gasteiger partial charge in [0.05, 0.1) is 6.61 Å². The van der Waals surface area contributed by atoms with Crippen LogP contribution in [0.15, 0.2) is 0 Å². The van der Waals surface area contributed by atoms with Crippen molar-refractivity contribution in [3.8, 4) is 0 Å². The van der Waals surface area contributed by atoms with Crippen molar-refractivity contribution in [1.29, 1.82) is 0 Å². The third-order valence-electron chi connectivity index (χ3n) is 2.27. The molecule has 1 atom stereocenters. The molecule has 0 aromatic carbocycles. The second-order valence-electron chi connectivity index (χ2n) is 3.45. The first-order chi connectivity index (χ1) is 6.28. The molecule has 80 valence electrons. The smallest absolute Gasteiger partial charge is 0.0558 e. The standard InChI is InChI=1S/C10H22BrNO/c1-3-5-12(6-7-13)9-10(4-2)8-11/h10,13H,3-9H2,1-2H3. The zero-order valence-electron chi connectivity index (χ0n) is 8.80. The molecule has 0 bridgehead atoms. The molecule has 0 aliphatic heterocycles. The maximum absolute atomic E-state index is 8.87. The highest BCUT2D eigenvalue weighted by atomic mass is 79.9. The van der Waals surface area contributed by atoms with Gasteiger partial charge >= 0.3 is 0 Å². The molecular weight excluding hydrogens is 230 g/mol. The number of alkyl halides is 1. The third-order valence-corrected chi connectivity index (χ3v) is 3.18. The van der Waals surface area contributed by atoms with E-state index >= 15 is 0 Å². The highest BCUT2D eigenvalue weighted by Gasteiger charge is 2.10. The molecule has 1 unspecified atom stereocenters. The fourth-order valence-corrected chi connectivity index (χ4v) is 2.07. The van der Waals surface area contributed by atoms with Crippen LogP contribution in [0.25, 0.3) is 0 Å². The number of hydrogen-bond donors (Lipinski definition) is 1. The summed E-state index contributed by atoms with van der Waals surface area (Å²) in [5.74, 6) is 0.720. The summed E-state index contributed by atoms with van der Waals surface area (Å²) in [6, 6.07) is 0. The van der Waals surface area contributed by atoms with Crippen LogP contribution < -0.4 is 0 Å². The molecular formula is C10H22BrNO. The van der Waals surface area contributed by atoms with Gasteiger partial charge in [-0.15, -0.1) is 0 Å². The van der Waals surface area contributed by atoms with Crippen molar-refractivity contribution in [1.82, 2.24) is 4.90 Å². The summed E-state index contributed by atoms with van der Waals surface area (Å²) >= 11 is 3.52. The van der Waals surface area contributed by atoms with Gasteiger partial charge in [-0.05, 0) is 18.9 Å². The zero-order valence-corrected chi connectivity index (χ0v) is 10.4. The Morgan fingerprint density at radius 3 is 2.38 bits per heavy atom. The van der Waals surface area contributed by atoms with Gasteiger partial charge in [0.1, 0.15) is 0 Å². The van der Waals surface area contributed by atoms with E-state index in [4.69, 9.17) is 5.11 Å². The number of nitrogens with zero attached hydrogens (tertiary/aromatic N) is 1. The van der Waals surface area contributed by atoms with Crippen LogP contribution >= 0.6 is 15.9 Å². The van der Waals surface area contributed by atoms with Crippen LogP contribution in [-0.2, 0) is 0 Å². The maximum Gasteiger partial charge on any atom is 0.0558 e. The largest absolute Gasteiger partial charge is 0.395 e. The highest BCUT2D eigenvalue weighted by molar-refractivity contribution is 9.09. The average Bonchev–Trinajstić information content (AvgIpc) is 2.14. The average molecular weight is 252 g/mol. The van der Waals surface area contributed by atoms with Crippen LogP contribution in [-0.4, -0.2) is 41.6 Å². The van der Waals surface area contributed by atoms with E-state index in [0.717, 1.165) is 30.9 Å². The van der Waals surface area contributed by atoms with Crippen molar-refractivity contribution in [2.75, 3.05) is 31.6 Å². The van der Waals surface area contributed by atoms with Crippen molar-refractivity contribution in [3.63, 3.8) is 0 Å². The van der Waals surface area contributed by atoms with Crippen LogP contribution in [0.2, 0.25) is 0 Å². The predicted octanol–water partition coefficient (Wildman–Crippen LogP) is 2.11. The fraction of sp³-hybridized carbons (Fsp3) is 1.00. The van der Waals surface area contributed by atoms with Crippen molar-refractivity contribution >= 4 is 15.9 Å². The lowest BCUT2D eigenvalue weighted by Gasteiger charge is -2.24. The van der Waals surface area contributed by atoms with E-state index in [1.165, 1.54) is 12.8 Å². The Labute approximate surface area is 90.4 Å². The van der Waals surface area contributed by atoms with E-state index < -0.39 is 0 Å². The zero-order chi connectivity index (χ0) is 10.1. The molecule has 0 fully saturated rings. The minimum absolute atomic E-state index is 0.277. The maximum atomic E-state index is 8.87. The SMILES string of the molecule is CCCN(CCO)CC(CC)CBr. The monoisotopic (exact) mass is 251 g/mol. The molecule has 13 heavy (non-hydrogen) atoms. The number of rotatable bonds is 8.